The van der Waals surface area contributed by atoms with Gasteiger partial charge in [0.2, 0.25) is 0 Å². The van der Waals surface area contributed by atoms with Crippen molar-refractivity contribution in [3.63, 3.8) is 0 Å². The Morgan fingerprint density at radius 2 is 0.964 bits per heavy atom. The third-order valence-corrected chi connectivity index (χ3v) is 11.2. The molecule has 55 heavy (non-hydrogen) atoms. The maximum absolute atomic E-state index is 5.07. The molecule has 260 valence electrons. The quantitative estimate of drug-likeness (QED) is 0.173. The second-order valence-corrected chi connectivity index (χ2v) is 14.9. The number of hydrogen-bond donors (Lipinski definition) is 0. The first-order valence-electron chi connectivity index (χ1n) is 18.8. The molecular weight excluding hydrogens is 667 g/mol. The Kier molecular flexibility index (Phi) is 7.81. The molecule has 0 saturated carbocycles. The Bertz CT molecular complexity index is 2840. The van der Waals surface area contributed by atoms with Crippen LogP contribution in [0.3, 0.4) is 0 Å². The van der Waals surface area contributed by atoms with Crippen LogP contribution in [0.15, 0.2) is 188 Å². The third-order valence-electron chi connectivity index (χ3n) is 11.2. The fourth-order valence-electron chi connectivity index (χ4n) is 8.29. The van der Waals surface area contributed by atoms with Crippen LogP contribution in [0.5, 0.6) is 0 Å². The monoisotopic (exact) mass is 703 g/mol. The Labute approximate surface area is 321 Å². The summed E-state index contributed by atoms with van der Waals surface area (Å²) in [5, 5.41) is 2.60. The molecule has 0 atom stereocenters. The second kappa shape index (κ2) is 13.2. The van der Waals surface area contributed by atoms with Gasteiger partial charge in [-0.1, -0.05) is 178 Å². The first-order valence-corrected chi connectivity index (χ1v) is 18.8. The number of fused-ring (bicyclic) bond motifs is 5. The van der Waals surface area contributed by atoms with Gasteiger partial charge >= 0.3 is 0 Å². The van der Waals surface area contributed by atoms with E-state index in [-0.39, 0.29) is 5.41 Å². The van der Waals surface area contributed by atoms with E-state index in [9.17, 15) is 0 Å². The van der Waals surface area contributed by atoms with E-state index < -0.39 is 0 Å². The molecule has 0 amide bonds. The van der Waals surface area contributed by atoms with Crippen molar-refractivity contribution in [3.05, 3.63) is 199 Å². The van der Waals surface area contributed by atoms with Gasteiger partial charge in [-0.05, 0) is 78.5 Å². The molecule has 0 bridgehead atoms. The van der Waals surface area contributed by atoms with Crippen molar-refractivity contribution >= 4 is 10.8 Å². The summed E-state index contributed by atoms with van der Waals surface area (Å²) >= 11 is 0. The Morgan fingerprint density at radius 3 is 1.62 bits per heavy atom. The van der Waals surface area contributed by atoms with Crippen molar-refractivity contribution in [1.82, 2.24) is 15.0 Å². The van der Waals surface area contributed by atoms with Crippen molar-refractivity contribution < 1.29 is 0 Å². The van der Waals surface area contributed by atoms with Crippen LogP contribution in [0.1, 0.15) is 25.0 Å². The van der Waals surface area contributed by atoms with Gasteiger partial charge in [-0.15, -0.1) is 0 Å². The molecule has 1 aliphatic rings. The number of benzene rings is 7. The number of aromatic nitrogens is 3. The number of rotatable bonds is 6. The maximum atomic E-state index is 5.07. The van der Waals surface area contributed by atoms with Gasteiger partial charge in [0.15, 0.2) is 5.82 Å². The second-order valence-electron chi connectivity index (χ2n) is 14.9. The molecular formula is C52H37N3. The Hall–Kier alpha value is -6.97. The van der Waals surface area contributed by atoms with Crippen molar-refractivity contribution in [2.45, 2.75) is 19.3 Å². The molecule has 0 saturated heterocycles. The minimum Gasteiger partial charge on any atom is -0.264 e. The van der Waals surface area contributed by atoms with Gasteiger partial charge in [-0.3, -0.25) is 4.98 Å². The van der Waals surface area contributed by atoms with Crippen LogP contribution in [0.4, 0.5) is 0 Å². The van der Waals surface area contributed by atoms with Crippen LogP contribution in [-0.4, -0.2) is 15.0 Å². The standard InChI is InChI=1S/C52H37N3/c1-52(2)45-16-8-15-44(49(45)50-43-14-7-6-10-37(43)29-30-46(50)52)38-23-17-34(18-24-38)35-19-25-39(26-20-35)47-32-48(55-51(54-47)41-11-4-3-5-12-41)40-27-21-36(22-28-40)42-13-9-31-53-33-42/h3-33H,1-2H3. The summed E-state index contributed by atoms with van der Waals surface area (Å²) in [6.45, 7) is 4.71. The fourth-order valence-corrected chi connectivity index (χ4v) is 8.29. The highest BCUT2D eigenvalue weighted by Gasteiger charge is 2.37. The molecule has 0 unspecified atom stereocenters. The lowest BCUT2D eigenvalue weighted by atomic mass is 9.81. The minimum atomic E-state index is -0.0659. The molecule has 0 fully saturated rings. The number of pyridine rings is 1. The molecule has 3 heteroatoms. The molecule has 10 rings (SSSR count). The van der Waals surface area contributed by atoms with E-state index >= 15 is 0 Å². The highest BCUT2D eigenvalue weighted by molar-refractivity contribution is 6.06. The van der Waals surface area contributed by atoms with E-state index in [1.807, 2.05) is 30.5 Å². The SMILES string of the molecule is CC1(C)c2cccc(-c3ccc(-c4ccc(-c5cc(-c6ccc(-c7cccnc7)cc6)nc(-c6ccccc6)n5)cc4)cc3)c2-c2c1ccc1ccccc21. The van der Waals surface area contributed by atoms with E-state index in [0.717, 1.165) is 44.8 Å². The van der Waals surface area contributed by atoms with Crippen molar-refractivity contribution in [1.29, 1.82) is 0 Å². The van der Waals surface area contributed by atoms with Crippen molar-refractivity contribution in [2.24, 2.45) is 0 Å². The van der Waals surface area contributed by atoms with Gasteiger partial charge in [0, 0.05) is 34.5 Å². The molecule has 0 spiro atoms. The highest BCUT2D eigenvalue weighted by Crippen LogP contribution is 2.54. The topological polar surface area (TPSA) is 38.7 Å². The van der Waals surface area contributed by atoms with Crippen LogP contribution < -0.4 is 0 Å². The molecule has 0 radical (unpaired) electrons. The predicted octanol–water partition coefficient (Wildman–Crippen LogP) is 13.3. The van der Waals surface area contributed by atoms with E-state index in [1.54, 1.807) is 6.20 Å². The van der Waals surface area contributed by atoms with Gasteiger partial charge in [-0.25, -0.2) is 9.97 Å². The Balaban J connectivity index is 0.981. The van der Waals surface area contributed by atoms with Gasteiger partial charge in [-0.2, -0.15) is 0 Å². The molecule has 3 nitrogen and oxygen atoms in total. The molecule has 2 aromatic heterocycles. The molecule has 1 aliphatic carbocycles. The summed E-state index contributed by atoms with van der Waals surface area (Å²) < 4.78 is 0. The highest BCUT2D eigenvalue weighted by atomic mass is 14.9. The zero-order chi connectivity index (χ0) is 36.9. The lowest BCUT2D eigenvalue weighted by molar-refractivity contribution is 0.661. The van der Waals surface area contributed by atoms with Crippen LogP contribution in [0.2, 0.25) is 0 Å². The summed E-state index contributed by atoms with van der Waals surface area (Å²) in [5.41, 5.74) is 17.3. The van der Waals surface area contributed by atoms with E-state index in [0.29, 0.717) is 5.82 Å². The van der Waals surface area contributed by atoms with Crippen LogP contribution in [-0.2, 0) is 5.41 Å². The van der Waals surface area contributed by atoms with Gasteiger partial charge in [0.05, 0.1) is 11.4 Å². The zero-order valence-electron chi connectivity index (χ0n) is 30.7. The first kappa shape index (κ1) is 32.7. The Morgan fingerprint density at radius 1 is 0.400 bits per heavy atom. The predicted molar refractivity (Wildman–Crippen MR) is 228 cm³/mol. The fraction of sp³-hybridized carbons (Fsp3) is 0.0577. The maximum Gasteiger partial charge on any atom is 0.160 e. The van der Waals surface area contributed by atoms with Crippen molar-refractivity contribution in [3.8, 4) is 78.4 Å². The molecule has 2 heterocycles. The largest absolute Gasteiger partial charge is 0.264 e. The summed E-state index contributed by atoms with van der Waals surface area (Å²) in [5.74, 6) is 0.704. The number of hydrogen-bond acceptors (Lipinski definition) is 3. The van der Waals surface area contributed by atoms with E-state index in [4.69, 9.17) is 9.97 Å². The van der Waals surface area contributed by atoms with Gasteiger partial charge < -0.3 is 0 Å². The molecule has 7 aromatic carbocycles. The molecule has 9 aromatic rings. The summed E-state index contributed by atoms with van der Waals surface area (Å²) in [6.07, 6.45) is 3.68. The molecule has 0 N–H and O–H groups in total. The van der Waals surface area contributed by atoms with Gasteiger partial charge in [0.1, 0.15) is 0 Å². The van der Waals surface area contributed by atoms with Crippen LogP contribution >= 0.6 is 0 Å². The number of nitrogens with zero attached hydrogens (tertiary/aromatic N) is 3. The van der Waals surface area contributed by atoms with E-state index in [1.165, 1.54) is 49.7 Å². The zero-order valence-corrected chi connectivity index (χ0v) is 30.7. The van der Waals surface area contributed by atoms with Crippen LogP contribution in [0.25, 0.3) is 89.2 Å². The molecule has 0 aliphatic heterocycles. The van der Waals surface area contributed by atoms with Crippen LogP contribution in [0, 0.1) is 0 Å². The lowest BCUT2D eigenvalue weighted by Gasteiger charge is -2.21. The normalized spacial score (nSPS) is 12.7. The summed E-state index contributed by atoms with van der Waals surface area (Å²) in [6, 6.07) is 62.8. The average Bonchev–Trinajstić information content (AvgIpc) is 3.50. The van der Waals surface area contributed by atoms with Gasteiger partial charge in [0.25, 0.3) is 0 Å². The average molecular weight is 704 g/mol. The first-order chi connectivity index (χ1) is 27.0. The smallest absolute Gasteiger partial charge is 0.160 e. The minimum absolute atomic E-state index is 0.0659. The summed E-state index contributed by atoms with van der Waals surface area (Å²) in [7, 11) is 0. The lowest BCUT2D eigenvalue weighted by Crippen LogP contribution is -2.14. The summed E-state index contributed by atoms with van der Waals surface area (Å²) in [4.78, 5) is 14.4. The van der Waals surface area contributed by atoms with E-state index in [2.05, 4.69) is 170 Å². The van der Waals surface area contributed by atoms with Crippen molar-refractivity contribution in [2.75, 3.05) is 0 Å². The third kappa shape index (κ3) is 5.73.